The Balaban J connectivity index is 3.16. The molecule has 0 amide bonds. The zero-order valence-electron chi connectivity index (χ0n) is 7.67. The summed E-state index contributed by atoms with van der Waals surface area (Å²) in [7, 11) is 0. The summed E-state index contributed by atoms with van der Waals surface area (Å²) in [5.41, 5.74) is 9.02. The second-order valence-corrected chi connectivity index (χ2v) is 3.25. The van der Waals surface area contributed by atoms with Gasteiger partial charge < -0.3 is 5.73 Å². The minimum atomic E-state index is 0.477. The lowest BCUT2D eigenvalue weighted by molar-refractivity contribution is 0.869. The summed E-state index contributed by atoms with van der Waals surface area (Å²) in [4.78, 5) is 0. The third-order valence-electron chi connectivity index (χ3n) is 1.97. The van der Waals surface area contributed by atoms with Gasteiger partial charge in [-0.05, 0) is 29.2 Å². The molecule has 1 rings (SSSR count). The molecule has 0 bridgehead atoms. The van der Waals surface area contributed by atoms with Crippen LogP contribution in [0, 0.1) is 0 Å². The molecule has 12 heavy (non-hydrogen) atoms. The lowest BCUT2D eigenvalue weighted by Gasteiger charge is -2.09. The maximum absolute atomic E-state index is 5.81. The van der Waals surface area contributed by atoms with Crippen molar-refractivity contribution in [2.24, 2.45) is 0 Å². The van der Waals surface area contributed by atoms with Gasteiger partial charge in [0.2, 0.25) is 0 Å². The van der Waals surface area contributed by atoms with E-state index in [0.717, 1.165) is 11.3 Å². The highest BCUT2D eigenvalue weighted by atomic mass is 14.6. The summed E-state index contributed by atoms with van der Waals surface area (Å²) in [6.45, 7) is 8.00. The van der Waals surface area contributed by atoms with Gasteiger partial charge in [0, 0.05) is 5.69 Å². The number of anilines is 1. The Hall–Kier alpha value is -1.24. The van der Waals surface area contributed by atoms with Crippen LogP contribution >= 0.6 is 0 Å². The highest BCUT2D eigenvalue weighted by Gasteiger charge is 2.03. The molecule has 0 saturated heterocycles. The van der Waals surface area contributed by atoms with Crippen molar-refractivity contribution in [3.8, 4) is 0 Å². The van der Waals surface area contributed by atoms with Gasteiger partial charge in [0.15, 0.2) is 0 Å². The third-order valence-corrected chi connectivity index (χ3v) is 1.97. The van der Waals surface area contributed by atoms with Crippen LogP contribution in [-0.2, 0) is 0 Å². The summed E-state index contributed by atoms with van der Waals surface area (Å²) in [5, 5.41) is 0. The van der Waals surface area contributed by atoms with Crippen molar-refractivity contribution in [3.05, 3.63) is 35.9 Å². The minimum Gasteiger partial charge on any atom is -0.398 e. The van der Waals surface area contributed by atoms with Crippen LogP contribution < -0.4 is 5.73 Å². The molecule has 0 aliphatic carbocycles. The summed E-state index contributed by atoms with van der Waals surface area (Å²) in [5.74, 6) is 0.477. The normalized spacial score (nSPS) is 10.2. The van der Waals surface area contributed by atoms with Gasteiger partial charge in [-0.1, -0.05) is 32.6 Å². The molecule has 0 atom stereocenters. The zero-order chi connectivity index (χ0) is 9.14. The van der Waals surface area contributed by atoms with Crippen molar-refractivity contribution in [1.29, 1.82) is 0 Å². The molecular formula is C11H15N. The van der Waals surface area contributed by atoms with Crippen molar-refractivity contribution in [2.75, 3.05) is 5.73 Å². The second kappa shape index (κ2) is 3.44. The molecule has 0 fully saturated rings. The Morgan fingerprint density at radius 3 is 2.58 bits per heavy atom. The molecule has 0 spiro atoms. The van der Waals surface area contributed by atoms with E-state index in [1.165, 1.54) is 5.56 Å². The standard InChI is InChI=1S/C11H15N/c1-4-9-5-6-11(12)10(7-9)8(2)3/h4-8H,1,12H2,2-3H3. The molecule has 0 saturated carbocycles. The first-order chi connectivity index (χ1) is 5.65. The Bertz CT molecular complexity index is 287. The number of nitrogens with two attached hydrogens (primary N) is 1. The van der Waals surface area contributed by atoms with Gasteiger partial charge in [-0.15, -0.1) is 0 Å². The molecule has 0 aromatic heterocycles. The molecule has 1 aromatic carbocycles. The molecule has 1 aromatic rings. The predicted octanol–water partition coefficient (Wildman–Crippen LogP) is 3.04. The fourth-order valence-corrected chi connectivity index (χ4v) is 1.22. The fourth-order valence-electron chi connectivity index (χ4n) is 1.22. The summed E-state index contributed by atoms with van der Waals surface area (Å²) >= 11 is 0. The van der Waals surface area contributed by atoms with Crippen LogP contribution in [0.5, 0.6) is 0 Å². The monoisotopic (exact) mass is 161 g/mol. The van der Waals surface area contributed by atoms with Gasteiger partial charge in [-0.25, -0.2) is 0 Å². The molecule has 0 aliphatic rings. The molecule has 0 heterocycles. The lowest BCUT2D eigenvalue weighted by atomic mass is 9.99. The van der Waals surface area contributed by atoms with Crippen LogP contribution in [0.3, 0.4) is 0 Å². The van der Waals surface area contributed by atoms with E-state index in [2.05, 4.69) is 26.5 Å². The number of rotatable bonds is 2. The van der Waals surface area contributed by atoms with Gasteiger partial charge in [-0.3, -0.25) is 0 Å². The van der Waals surface area contributed by atoms with Crippen LogP contribution in [0.1, 0.15) is 30.9 Å². The van der Waals surface area contributed by atoms with Crippen molar-refractivity contribution in [3.63, 3.8) is 0 Å². The maximum Gasteiger partial charge on any atom is 0.0349 e. The quantitative estimate of drug-likeness (QED) is 0.663. The smallest absolute Gasteiger partial charge is 0.0349 e. The van der Waals surface area contributed by atoms with Crippen molar-refractivity contribution >= 4 is 11.8 Å². The Morgan fingerprint density at radius 2 is 2.08 bits per heavy atom. The molecule has 64 valence electrons. The van der Waals surface area contributed by atoms with Gasteiger partial charge in [0.25, 0.3) is 0 Å². The lowest BCUT2D eigenvalue weighted by Crippen LogP contribution is -1.96. The molecule has 0 unspecified atom stereocenters. The first kappa shape index (κ1) is 8.85. The Kier molecular flexibility index (Phi) is 2.54. The number of benzene rings is 1. The van der Waals surface area contributed by atoms with Crippen LogP contribution in [0.25, 0.3) is 6.08 Å². The third kappa shape index (κ3) is 1.67. The van der Waals surface area contributed by atoms with Gasteiger partial charge >= 0.3 is 0 Å². The summed E-state index contributed by atoms with van der Waals surface area (Å²) in [6, 6.07) is 6.01. The molecule has 1 nitrogen and oxygen atoms in total. The molecular weight excluding hydrogens is 146 g/mol. The first-order valence-corrected chi connectivity index (χ1v) is 4.17. The van der Waals surface area contributed by atoms with E-state index in [0.29, 0.717) is 5.92 Å². The number of hydrogen-bond acceptors (Lipinski definition) is 1. The molecule has 2 N–H and O–H groups in total. The van der Waals surface area contributed by atoms with Crippen LogP contribution in [0.4, 0.5) is 5.69 Å². The number of nitrogen functional groups attached to an aromatic ring is 1. The molecule has 0 aliphatic heterocycles. The minimum absolute atomic E-state index is 0.477. The molecule has 1 heteroatoms. The van der Waals surface area contributed by atoms with E-state index in [-0.39, 0.29) is 0 Å². The van der Waals surface area contributed by atoms with E-state index in [1.54, 1.807) is 0 Å². The van der Waals surface area contributed by atoms with Crippen molar-refractivity contribution in [1.82, 2.24) is 0 Å². The van der Waals surface area contributed by atoms with Crippen molar-refractivity contribution < 1.29 is 0 Å². The van der Waals surface area contributed by atoms with E-state index < -0.39 is 0 Å². The summed E-state index contributed by atoms with van der Waals surface area (Å²) < 4.78 is 0. The zero-order valence-corrected chi connectivity index (χ0v) is 7.67. The van der Waals surface area contributed by atoms with Crippen LogP contribution in [0.2, 0.25) is 0 Å². The second-order valence-electron chi connectivity index (χ2n) is 3.25. The van der Waals surface area contributed by atoms with Gasteiger partial charge in [0.05, 0.1) is 0 Å². The van der Waals surface area contributed by atoms with E-state index >= 15 is 0 Å². The Labute approximate surface area is 73.9 Å². The highest BCUT2D eigenvalue weighted by molar-refractivity contribution is 5.57. The maximum atomic E-state index is 5.81. The topological polar surface area (TPSA) is 26.0 Å². The van der Waals surface area contributed by atoms with Gasteiger partial charge in [0.1, 0.15) is 0 Å². The average molecular weight is 161 g/mol. The van der Waals surface area contributed by atoms with Crippen LogP contribution in [-0.4, -0.2) is 0 Å². The van der Waals surface area contributed by atoms with E-state index in [9.17, 15) is 0 Å². The first-order valence-electron chi connectivity index (χ1n) is 4.17. The van der Waals surface area contributed by atoms with E-state index in [1.807, 2.05) is 18.2 Å². The predicted molar refractivity (Wildman–Crippen MR) is 55.0 cm³/mol. The summed E-state index contributed by atoms with van der Waals surface area (Å²) in [6.07, 6.45) is 1.84. The van der Waals surface area contributed by atoms with Crippen LogP contribution in [0.15, 0.2) is 24.8 Å². The SMILES string of the molecule is C=Cc1ccc(N)c(C(C)C)c1. The highest BCUT2D eigenvalue weighted by Crippen LogP contribution is 2.23. The largest absolute Gasteiger partial charge is 0.398 e. The van der Waals surface area contributed by atoms with Gasteiger partial charge in [-0.2, -0.15) is 0 Å². The number of hydrogen-bond donors (Lipinski definition) is 1. The Morgan fingerprint density at radius 1 is 1.42 bits per heavy atom. The fraction of sp³-hybridized carbons (Fsp3) is 0.273. The molecule has 0 radical (unpaired) electrons. The average Bonchev–Trinajstić information content (AvgIpc) is 2.05. The van der Waals surface area contributed by atoms with Crippen molar-refractivity contribution in [2.45, 2.75) is 19.8 Å². The van der Waals surface area contributed by atoms with E-state index in [4.69, 9.17) is 5.73 Å².